The number of amides is 1. The Bertz CT molecular complexity index is 1100. The summed E-state index contributed by atoms with van der Waals surface area (Å²) in [6.45, 7) is -0.0221. The van der Waals surface area contributed by atoms with Gasteiger partial charge in [0, 0.05) is 27.5 Å². The fourth-order valence-electron chi connectivity index (χ4n) is 2.58. The number of hydrogen-bond acceptors (Lipinski definition) is 3. The molecule has 2 heterocycles. The highest BCUT2D eigenvalue weighted by Gasteiger charge is 2.16. The van der Waals surface area contributed by atoms with Crippen molar-refractivity contribution in [2.24, 2.45) is 0 Å². The monoisotopic (exact) mass is 450 g/mol. The molecule has 2 aromatic heterocycles. The Hall–Kier alpha value is -3.07. The minimum absolute atomic E-state index is 0.00766. The van der Waals surface area contributed by atoms with E-state index in [4.69, 9.17) is 0 Å². The van der Waals surface area contributed by atoms with E-state index in [9.17, 15) is 23.6 Å². The second kappa shape index (κ2) is 8.30. The number of carbonyl (C=O) groups excluding carboxylic acids is 1. The van der Waals surface area contributed by atoms with Gasteiger partial charge in [-0.2, -0.15) is 0 Å². The molecule has 0 unspecified atom stereocenters. The van der Waals surface area contributed by atoms with E-state index in [2.05, 4.69) is 21.2 Å². The predicted octanol–water partition coefficient (Wildman–Crippen LogP) is 2.39. The third-order valence-corrected chi connectivity index (χ3v) is 4.50. The summed E-state index contributed by atoms with van der Waals surface area (Å²) in [5.74, 6) is -2.60. The molecule has 0 radical (unpaired) electrons. The molecule has 0 atom stereocenters. The molecule has 0 aliphatic rings. The van der Waals surface area contributed by atoms with Crippen molar-refractivity contribution in [1.29, 1.82) is 0 Å². The van der Waals surface area contributed by atoms with Crippen molar-refractivity contribution in [3.05, 3.63) is 98.1 Å². The maximum absolute atomic E-state index is 13.4. The van der Waals surface area contributed by atoms with Gasteiger partial charge in [-0.1, -0.05) is 22.0 Å². The van der Waals surface area contributed by atoms with Gasteiger partial charge in [0.2, 0.25) is 6.20 Å². The number of benzene rings is 1. The average molecular weight is 451 g/mol. The summed E-state index contributed by atoms with van der Waals surface area (Å²) in [5, 5.41) is 12.3. The molecule has 6 nitrogen and oxygen atoms in total. The number of aromatic nitrogens is 2. The Kier molecular flexibility index (Phi) is 5.84. The third kappa shape index (κ3) is 4.42. The summed E-state index contributed by atoms with van der Waals surface area (Å²) in [7, 11) is 0. The van der Waals surface area contributed by atoms with Crippen LogP contribution in [0.3, 0.4) is 0 Å². The first-order valence-corrected chi connectivity index (χ1v) is 8.95. The Morgan fingerprint density at radius 3 is 2.71 bits per heavy atom. The van der Waals surface area contributed by atoms with Crippen molar-refractivity contribution in [1.82, 2.24) is 9.88 Å². The molecule has 3 aromatic rings. The molecule has 3 rings (SSSR count). The number of nitrogens with zero attached hydrogens (tertiary/aromatic N) is 2. The number of rotatable bonds is 5. The maximum Gasteiger partial charge on any atom is 0.263 e. The van der Waals surface area contributed by atoms with Crippen LogP contribution in [0.5, 0.6) is 0 Å². The van der Waals surface area contributed by atoms with Crippen molar-refractivity contribution in [3.63, 3.8) is 0 Å². The molecular formula is C19H15BrF2N3O3+. The number of pyridine rings is 2. The first-order chi connectivity index (χ1) is 13.3. The second-order valence-corrected chi connectivity index (χ2v) is 6.88. The van der Waals surface area contributed by atoms with Crippen LogP contribution in [0.1, 0.15) is 21.6 Å². The maximum atomic E-state index is 13.4. The molecule has 0 aliphatic carbocycles. The summed E-state index contributed by atoms with van der Waals surface area (Å²) < 4.78 is 29.2. The van der Waals surface area contributed by atoms with Crippen LogP contribution >= 0.6 is 15.9 Å². The SMILES string of the molecule is O=C(NCc1cc(Br)cc[n+]1O)c1cccn(Cc2ccc(F)c(F)c2)c1=O. The van der Waals surface area contributed by atoms with Gasteiger partial charge in [-0.15, -0.1) is 0 Å². The zero-order valence-corrected chi connectivity index (χ0v) is 16.0. The van der Waals surface area contributed by atoms with E-state index in [-0.39, 0.29) is 18.7 Å². The van der Waals surface area contributed by atoms with Crippen LogP contribution in [-0.4, -0.2) is 15.7 Å². The van der Waals surface area contributed by atoms with E-state index in [1.807, 2.05) is 0 Å². The summed E-state index contributed by atoms with van der Waals surface area (Å²) in [6.07, 6.45) is 2.86. The lowest BCUT2D eigenvalue weighted by Gasteiger charge is -2.09. The first-order valence-electron chi connectivity index (χ1n) is 8.16. The minimum atomic E-state index is -1.01. The highest BCUT2D eigenvalue weighted by molar-refractivity contribution is 9.10. The highest BCUT2D eigenvalue weighted by atomic mass is 79.9. The van der Waals surface area contributed by atoms with Crippen molar-refractivity contribution in [2.45, 2.75) is 13.1 Å². The Morgan fingerprint density at radius 2 is 1.96 bits per heavy atom. The molecule has 28 heavy (non-hydrogen) atoms. The number of hydrogen-bond donors (Lipinski definition) is 2. The van der Waals surface area contributed by atoms with Gasteiger partial charge in [0.15, 0.2) is 11.6 Å². The number of carbonyl (C=O) groups is 1. The van der Waals surface area contributed by atoms with E-state index in [1.165, 1.54) is 35.2 Å². The largest absolute Gasteiger partial charge is 0.341 e. The van der Waals surface area contributed by atoms with Crippen LogP contribution in [-0.2, 0) is 13.1 Å². The molecule has 1 aromatic carbocycles. The third-order valence-electron chi connectivity index (χ3n) is 4.01. The van der Waals surface area contributed by atoms with Crippen LogP contribution in [0.15, 0.2) is 64.1 Å². The Morgan fingerprint density at radius 1 is 1.18 bits per heavy atom. The fourth-order valence-corrected chi connectivity index (χ4v) is 2.96. The molecule has 0 saturated carbocycles. The van der Waals surface area contributed by atoms with E-state index in [1.54, 1.807) is 12.1 Å². The summed E-state index contributed by atoms with van der Waals surface area (Å²) >= 11 is 3.27. The number of nitrogens with one attached hydrogen (secondary N) is 1. The van der Waals surface area contributed by atoms with Gasteiger partial charge >= 0.3 is 0 Å². The molecule has 0 spiro atoms. The normalized spacial score (nSPS) is 10.7. The fraction of sp³-hybridized carbons (Fsp3) is 0.105. The van der Waals surface area contributed by atoms with Crippen LogP contribution in [0.2, 0.25) is 0 Å². The first kappa shape index (κ1) is 19.7. The van der Waals surface area contributed by atoms with E-state index in [0.717, 1.165) is 21.3 Å². The van der Waals surface area contributed by atoms with E-state index in [0.29, 0.717) is 11.3 Å². The number of halogens is 3. The van der Waals surface area contributed by atoms with Crippen molar-refractivity contribution >= 4 is 21.8 Å². The molecule has 0 fully saturated rings. The van der Waals surface area contributed by atoms with Gasteiger partial charge in [-0.3, -0.25) is 14.8 Å². The molecule has 0 aliphatic heterocycles. The summed E-state index contributed by atoms with van der Waals surface area (Å²) in [4.78, 5) is 25.0. The van der Waals surface area contributed by atoms with Gasteiger partial charge in [0.25, 0.3) is 17.2 Å². The summed E-state index contributed by atoms with van der Waals surface area (Å²) in [6, 6.07) is 9.47. The molecule has 0 saturated heterocycles. The van der Waals surface area contributed by atoms with Gasteiger partial charge in [-0.25, -0.2) is 8.78 Å². The quantitative estimate of drug-likeness (QED) is 0.462. The molecule has 144 valence electrons. The van der Waals surface area contributed by atoms with Gasteiger partial charge in [-0.05, 0) is 29.8 Å². The Balaban J connectivity index is 1.78. The second-order valence-electron chi connectivity index (χ2n) is 5.97. The predicted molar refractivity (Wildman–Crippen MR) is 98.9 cm³/mol. The van der Waals surface area contributed by atoms with Gasteiger partial charge in [0.1, 0.15) is 12.1 Å². The van der Waals surface area contributed by atoms with Crippen LogP contribution in [0.25, 0.3) is 0 Å². The van der Waals surface area contributed by atoms with Crippen molar-refractivity contribution in [3.8, 4) is 0 Å². The van der Waals surface area contributed by atoms with Gasteiger partial charge < -0.3 is 9.88 Å². The standard InChI is InChI=1S/C19H14BrF2N3O3/c20-13-5-7-25(28)14(9-13)10-23-18(26)15-2-1-6-24(19(15)27)11-12-3-4-16(21)17(22)8-12/h1-9H,10-11H2,(H-,23,26,28)/p+1. The van der Waals surface area contributed by atoms with E-state index >= 15 is 0 Å². The zero-order valence-electron chi connectivity index (χ0n) is 14.4. The average Bonchev–Trinajstić information content (AvgIpc) is 2.67. The highest BCUT2D eigenvalue weighted by Crippen LogP contribution is 2.10. The lowest BCUT2D eigenvalue weighted by atomic mass is 10.2. The molecule has 1 amide bonds. The minimum Gasteiger partial charge on any atom is -0.341 e. The van der Waals surface area contributed by atoms with Crippen LogP contribution in [0, 0.1) is 11.6 Å². The molecule has 9 heteroatoms. The van der Waals surface area contributed by atoms with Crippen LogP contribution in [0.4, 0.5) is 8.78 Å². The van der Waals surface area contributed by atoms with Crippen LogP contribution < -0.4 is 15.6 Å². The Labute approximate surface area is 166 Å². The lowest BCUT2D eigenvalue weighted by molar-refractivity contribution is -0.909. The van der Waals surface area contributed by atoms with Crippen molar-refractivity contribution in [2.75, 3.05) is 0 Å². The van der Waals surface area contributed by atoms with Crippen molar-refractivity contribution < 1.29 is 23.5 Å². The summed E-state index contributed by atoms with van der Waals surface area (Å²) in [5.41, 5.74) is 0.107. The topological polar surface area (TPSA) is 75.2 Å². The van der Waals surface area contributed by atoms with E-state index < -0.39 is 23.1 Å². The molecule has 2 N–H and O–H groups in total. The lowest BCUT2D eigenvalue weighted by Crippen LogP contribution is -2.39. The zero-order chi connectivity index (χ0) is 20.3. The van der Waals surface area contributed by atoms with Gasteiger partial charge in [0.05, 0.1) is 6.54 Å². The smallest absolute Gasteiger partial charge is 0.263 e. The molecule has 0 bridgehead atoms. The molecular weight excluding hydrogens is 436 g/mol.